The third kappa shape index (κ3) is 4.54. The molecule has 1 aliphatic heterocycles. The van der Waals surface area contributed by atoms with E-state index in [-0.39, 0.29) is 17.4 Å². The SMILES string of the molecule is COc1ccccc1C1CNCCN1CC(=O)Nc1cc(C(C)(C)C)nn1C. The molecule has 3 rings (SSSR count). The molecule has 1 aromatic heterocycles. The molecule has 2 aromatic rings. The lowest BCUT2D eigenvalue weighted by molar-refractivity contribution is -0.118. The van der Waals surface area contributed by atoms with Gasteiger partial charge in [0.2, 0.25) is 5.91 Å². The Morgan fingerprint density at radius 3 is 2.79 bits per heavy atom. The number of hydrogen-bond donors (Lipinski definition) is 2. The third-order valence-electron chi connectivity index (χ3n) is 5.11. The van der Waals surface area contributed by atoms with Crippen molar-refractivity contribution in [3.8, 4) is 5.75 Å². The third-order valence-corrected chi connectivity index (χ3v) is 5.11. The molecule has 152 valence electrons. The largest absolute Gasteiger partial charge is 0.496 e. The molecule has 1 atom stereocenters. The number of carbonyl (C=O) groups is 1. The van der Waals surface area contributed by atoms with Gasteiger partial charge in [0.25, 0.3) is 0 Å². The first-order valence-corrected chi connectivity index (χ1v) is 9.71. The van der Waals surface area contributed by atoms with Crippen LogP contribution in [0.15, 0.2) is 30.3 Å². The minimum absolute atomic E-state index is 0.0368. The number of aromatic nitrogens is 2. The van der Waals surface area contributed by atoms with Gasteiger partial charge in [0, 0.05) is 43.7 Å². The Kier molecular flexibility index (Phi) is 6.05. The number of anilines is 1. The first-order valence-electron chi connectivity index (χ1n) is 9.71. The number of nitrogens with zero attached hydrogens (tertiary/aromatic N) is 3. The lowest BCUT2D eigenvalue weighted by atomic mass is 9.92. The van der Waals surface area contributed by atoms with Crippen molar-refractivity contribution in [1.29, 1.82) is 0 Å². The minimum Gasteiger partial charge on any atom is -0.496 e. The highest BCUT2D eigenvalue weighted by Crippen LogP contribution is 2.30. The van der Waals surface area contributed by atoms with E-state index in [1.54, 1.807) is 11.8 Å². The van der Waals surface area contributed by atoms with Crippen LogP contribution in [0.4, 0.5) is 5.82 Å². The zero-order valence-corrected chi connectivity index (χ0v) is 17.5. The molecule has 0 aliphatic carbocycles. The minimum atomic E-state index is -0.0613. The zero-order valence-electron chi connectivity index (χ0n) is 17.5. The molecule has 2 N–H and O–H groups in total. The van der Waals surface area contributed by atoms with Crippen LogP contribution in [0.3, 0.4) is 0 Å². The Morgan fingerprint density at radius 2 is 2.11 bits per heavy atom. The average Bonchev–Trinajstić information content (AvgIpc) is 3.03. The molecular weight excluding hydrogens is 354 g/mol. The standard InChI is InChI=1S/C21H31N5O2/c1-21(2,3)18-12-19(25(4)24-18)23-20(27)14-26-11-10-22-13-16(26)15-8-6-7-9-17(15)28-5/h6-9,12,16,22H,10-11,13-14H2,1-5H3,(H,23,27). The predicted octanol–water partition coefficient (Wildman–Crippen LogP) is 2.31. The quantitative estimate of drug-likeness (QED) is 0.826. The van der Waals surface area contributed by atoms with Gasteiger partial charge in [-0.25, -0.2) is 0 Å². The summed E-state index contributed by atoms with van der Waals surface area (Å²) in [6, 6.07) is 10.0. The van der Waals surface area contributed by atoms with Crippen LogP contribution in [-0.2, 0) is 17.3 Å². The van der Waals surface area contributed by atoms with E-state index in [2.05, 4.69) is 47.5 Å². The van der Waals surface area contributed by atoms with Gasteiger partial charge in [-0.1, -0.05) is 39.0 Å². The molecule has 7 heteroatoms. The van der Waals surface area contributed by atoms with Gasteiger partial charge >= 0.3 is 0 Å². The van der Waals surface area contributed by atoms with Crippen LogP contribution < -0.4 is 15.4 Å². The molecular formula is C21H31N5O2. The molecule has 0 radical (unpaired) electrons. The molecule has 1 fully saturated rings. The summed E-state index contributed by atoms with van der Waals surface area (Å²) >= 11 is 0. The number of methoxy groups -OCH3 is 1. The fraction of sp³-hybridized carbons (Fsp3) is 0.524. The van der Waals surface area contributed by atoms with E-state index in [9.17, 15) is 4.79 Å². The number of aryl methyl sites for hydroxylation is 1. The van der Waals surface area contributed by atoms with Gasteiger partial charge in [0.15, 0.2) is 0 Å². The monoisotopic (exact) mass is 385 g/mol. The maximum absolute atomic E-state index is 12.8. The first-order chi connectivity index (χ1) is 13.3. The van der Waals surface area contributed by atoms with E-state index in [1.165, 1.54) is 0 Å². The van der Waals surface area contributed by atoms with Crippen LogP contribution in [0.2, 0.25) is 0 Å². The second-order valence-electron chi connectivity index (χ2n) is 8.27. The summed E-state index contributed by atoms with van der Waals surface area (Å²) < 4.78 is 7.26. The Morgan fingerprint density at radius 1 is 1.36 bits per heavy atom. The molecule has 1 amide bonds. The van der Waals surface area contributed by atoms with E-state index in [4.69, 9.17) is 4.74 Å². The van der Waals surface area contributed by atoms with Crippen LogP contribution in [0.5, 0.6) is 5.75 Å². The fourth-order valence-corrected chi connectivity index (χ4v) is 3.50. The summed E-state index contributed by atoms with van der Waals surface area (Å²) in [5, 5.41) is 11.0. The Balaban J connectivity index is 1.72. The topological polar surface area (TPSA) is 71.4 Å². The van der Waals surface area contributed by atoms with Crippen molar-refractivity contribution in [1.82, 2.24) is 20.0 Å². The van der Waals surface area contributed by atoms with Crippen molar-refractivity contribution in [2.45, 2.75) is 32.2 Å². The highest BCUT2D eigenvalue weighted by molar-refractivity contribution is 5.91. The Bertz CT molecular complexity index is 824. The summed E-state index contributed by atoms with van der Waals surface area (Å²) in [6.07, 6.45) is 0. The molecule has 1 aliphatic rings. The lowest BCUT2D eigenvalue weighted by Gasteiger charge is -2.36. The summed E-state index contributed by atoms with van der Waals surface area (Å²) in [5.74, 6) is 1.53. The fourth-order valence-electron chi connectivity index (χ4n) is 3.50. The normalized spacial score (nSPS) is 18.1. The summed E-state index contributed by atoms with van der Waals surface area (Å²) in [5.41, 5.74) is 1.99. The van der Waals surface area contributed by atoms with Gasteiger partial charge in [-0.05, 0) is 6.07 Å². The molecule has 0 bridgehead atoms. The number of piperazine rings is 1. The first kappa shape index (κ1) is 20.4. The Hall–Kier alpha value is -2.38. The molecule has 1 aromatic carbocycles. The van der Waals surface area contributed by atoms with Gasteiger partial charge in [-0.15, -0.1) is 0 Å². The predicted molar refractivity (Wildman–Crippen MR) is 111 cm³/mol. The van der Waals surface area contributed by atoms with Crippen molar-refractivity contribution in [3.05, 3.63) is 41.6 Å². The second-order valence-corrected chi connectivity index (χ2v) is 8.27. The Labute approximate surface area is 167 Å². The van der Waals surface area contributed by atoms with Gasteiger partial charge in [0.1, 0.15) is 11.6 Å². The molecule has 2 heterocycles. The van der Waals surface area contributed by atoms with Crippen LogP contribution in [-0.4, -0.2) is 53.9 Å². The van der Waals surface area contributed by atoms with Gasteiger partial charge in [-0.3, -0.25) is 14.4 Å². The molecule has 7 nitrogen and oxygen atoms in total. The smallest absolute Gasteiger partial charge is 0.239 e. The summed E-state index contributed by atoms with van der Waals surface area (Å²) in [7, 11) is 3.54. The molecule has 0 spiro atoms. The van der Waals surface area contributed by atoms with Crippen LogP contribution >= 0.6 is 0 Å². The van der Waals surface area contributed by atoms with Crippen molar-refractivity contribution < 1.29 is 9.53 Å². The average molecular weight is 386 g/mol. The van der Waals surface area contributed by atoms with Gasteiger partial charge in [0.05, 0.1) is 25.4 Å². The number of nitrogens with one attached hydrogen (secondary N) is 2. The van der Waals surface area contributed by atoms with E-state index < -0.39 is 0 Å². The van der Waals surface area contributed by atoms with Crippen molar-refractivity contribution in [3.63, 3.8) is 0 Å². The highest BCUT2D eigenvalue weighted by Gasteiger charge is 2.28. The molecule has 28 heavy (non-hydrogen) atoms. The van der Waals surface area contributed by atoms with Gasteiger partial charge < -0.3 is 15.4 Å². The van der Waals surface area contributed by atoms with Gasteiger partial charge in [-0.2, -0.15) is 5.10 Å². The van der Waals surface area contributed by atoms with E-state index in [0.29, 0.717) is 6.54 Å². The number of ether oxygens (including phenoxy) is 1. The molecule has 1 unspecified atom stereocenters. The maximum Gasteiger partial charge on any atom is 0.239 e. The van der Waals surface area contributed by atoms with E-state index in [1.807, 2.05) is 31.3 Å². The number of para-hydroxylation sites is 1. The number of hydrogen-bond acceptors (Lipinski definition) is 5. The van der Waals surface area contributed by atoms with Crippen LogP contribution in [0, 0.1) is 0 Å². The number of carbonyl (C=O) groups excluding carboxylic acids is 1. The molecule has 1 saturated heterocycles. The number of benzene rings is 1. The van der Waals surface area contributed by atoms with Crippen LogP contribution in [0.25, 0.3) is 0 Å². The van der Waals surface area contributed by atoms with Crippen molar-refractivity contribution in [2.75, 3.05) is 38.6 Å². The van der Waals surface area contributed by atoms with Crippen molar-refractivity contribution in [2.24, 2.45) is 7.05 Å². The number of amides is 1. The molecule has 0 saturated carbocycles. The zero-order chi connectivity index (χ0) is 20.3. The highest BCUT2D eigenvalue weighted by atomic mass is 16.5. The summed E-state index contributed by atoms with van der Waals surface area (Å²) in [4.78, 5) is 15.0. The number of rotatable bonds is 5. The summed E-state index contributed by atoms with van der Waals surface area (Å²) in [6.45, 7) is 9.10. The maximum atomic E-state index is 12.8. The van der Waals surface area contributed by atoms with E-state index >= 15 is 0 Å². The van der Waals surface area contributed by atoms with Crippen LogP contribution in [0.1, 0.15) is 38.1 Å². The van der Waals surface area contributed by atoms with E-state index in [0.717, 1.165) is 42.5 Å². The van der Waals surface area contributed by atoms with Crippen molar-refractivity contribution >= 4 is 11.7 Å². The lowest BCUT2D eigenvalue weighted by Crippen LogP contribution is -2.48. The second kappa shape index (κ2) is 8.32.